The molecule has 1 saturated heterocycles. The fourth-order valence-corrected chi connectivity index (χ4v) is 3.09. The molecule has 1 aromatic carbocycles. The van der Waals surface area contributed by atoms with Gasteiger partial charge in [-0.1, -0.05) is 0 Å². The summed E-state index contributed by atoms with van der Waals surface area (Å²) in [5, 5.41) is 2.79. The highest BCUT2D eigenvalue weighted by Gasteiger charge is 2.22. The number of nitrogens with zero attached hydrogens (tertiary/aromatic N) is 1. The summed E-state index contributed by atoms with van der Waals surface area (Å²) in [5.41, 5.74) is 6.07. The largest absolute Gasteiger partial charge is 0.396 e. The number of carbonyl (C=O) groups is 1. The fraction of sp³-hybridized carbons (Fsp3) is 0.500. The molecular formula is C14H20FN3OS. The van der Waals surface area contributed by atoms with Gasteiger partial charge in [0.2, 0.25) is 5.91 Å². The lowest BCUT2D eigenvalue weighted by Crippen LogP contribution is -2.43. The van der Waals surface area contributed by atoms with Crippen LogP contribution in [0.5, 0.6) is 0 Å². The zero-order chi connectivity index (χ0) is 14.5. The van der Waals surface area contributed by atoms with Crippen molar-refractivity contribution in [2.24, 2.45) is 0 Å². The molecule has 1 aliphatic heterocycles. The molecule has 0 aliphatic carbocycles. The van der Waals surface area contributed by atoms with Crippen LogP contribution in [0.25, 0.3) is 0 Å². The molecule has 1 fully saturated rings. The average molecular weight is 297 g/mol. The van der Waals surface area contributed by atoms with E-state index in [9.17, 15) is 9.18 Å². The van der Waals surface area contributed by atoms with E-state index in [-0.39, 0.29) is 17.6 Å². The summed E-state index contributed by atoms with van der Waals surface area (Å²) in [6.45, 7) is 3.76. The molecule has 1 amide bonds. The van der Waals surface area contributed by atoms with Crippen molar-refractivity contribution in [3.63, 3.8) is 0 Å². The molecule has 1 aliphatic rings. The second-order valence-corrected chi connectivity index (χ2v) is 6.13. The molecule has 0 saturated carbocycles. The summed E-state index contributed by atoms with van der Waals surface area (Å²) in [4.78, 5) is 14.4. The quantitative estimate of drug-likeness (QED) is 0.840. The molecule has 110 valence electrons. The summed E-state index contributed by atoms with van der Waals surface area (Å²) in [6, 6.07) is 4.03. The van der Waals surface area contributed by atoms with Crippen LogP contribution in [0.15, 0.2) is 18.2 Å². The number of nitrogens with one attached hydrogen (secondary N) is 1. The molecule has 3 N–H and O–H groups in total. The summed E-state index contributed by atoms with van der Waals surface area (Å²) >= 11 is 1.92. The highest BCUT2D eigenvalue weighted by Crippen LogP contribution is 2.18. The Bertz CT molecular complexity index is 475. The van der Waals surface area contributed by atoms with Crippen molar-refractivity contribution >= 4 is 29.0 Å². The molecule has 6 heteroatoms. The lowest BCUT2D eigenvalue weighted by atomic mass is 10.2. The molecule has 1 aromatic rings. The minimum Gasteiger partial charge on any atom is -0.396 e. The Morgan fingerprint density at radius 3 is 3.00 bits per heavy atom. The predicted octanol–water partition coefficient (Wildman–Crippen LogP) is 2.17. The fourth-order valence-electron chi connectivity index (χ4n) is 2.19. The normalized spacial score (nSPS) is 18.3. The van der Waals surface area contributed by atoms with Crippen LogP contribution in [0.4, 0.5) is 15.8 Å². The van der Waals surface area contributed by atoms with Gasteiger partial charge in [-0.2, -0.15) is 11.8 Å². The maximum atomic E-state index is 13.1. The second kappa shape index (κ2) is 6.95. The smallest absolute Gasteiger partial charge is 0.241 e. The van der Waals surface area contributed by atoms with Crippen molar-refractivity contribution < 1.29 is 9.18 Å². The first-order valence-electron chi connectivity index (χ1n) is 6.75. The predicted molar refractivity (Wildman–Crippen MR) is 82.4 cm³/mol. The minimum absolute atomic E-state index is 0.0432. The van der Waals surface area contributed by atoms with E-state index in [1.165, 1.54) is 18.2 Å². The number of hydrogen-bond donors (Lipinski definition) is 2. The van der Waals surface area contributed by atoms with Gasteiger partial charge in [-0.05, 0) is 43.8 Å². The molecule has 4 nitrogen and oxygen atoms in total. The van der Waals surface area contributed by atoms with Gasteiger partial charge in [0.25, 0.3) is 0 Å². The second-order valence-electron chi connectivity index (χ2n) is 4.90. The molecule has 0 aromatic heterocycles. The Hall–Kier alpha value is -1.27. The molecule has 2 rings (SSSR count). The molecule has 1 heterocycles. The molecule has 0 spiro atoms. The van der Waals surface area contributed by atoms with Gasteiger partial charge in [0.15, 0.2) is 0 Å². The average Bonchev–Trinajstić information content (AvgIpc) is 2.71. The van der Waals surface area contributed by atoms with E-state index < -0.39 is 5.82 Å². The number of nitrogens with two attached hydrogens (primary N) is 1. The third kappa shape index (κ3) is 3.86. The lowest BCUT2D eigenvalue weighted by molar-refractivity contribution is -0.120. The van der Waals surface area contributed by atoms with Gasteiger partial charge in [-0.3, -0.25) is 9.69 Å². The van der Waals surface area contributed by atoms with E-state index in [0.717, 1.165) is 31.0 Å². The first-order valence-corrected chi connectivity index (χ1v) is 7.91. The Balaban J connectivity index is 1.97. The van der Waals surface area contributed by atoms with Crippen molar-refractivity contribution in [3.05, 3.63) is 24.0 Å². The van der Waals surface area contributed by atoms with Crippen molar-refractivity contribution in [1.82, 2.24) is 4.90 Å². The number of amides is 1. The van der Waals surface area contributed by atoms with Crippen LogP contribution in [0.3, 0.4) is 0 Å². The lowest BCUT2D eigenvalue weighted by Gasteiger charge is -2.26. The topological polar surface area (TPSA) is 58.4 Å². The monoisotopic (exact) mass is 297 g/mol. The van der Waals surface area contributed by atoms with Crippen molar-refractivity contribution in [1.29, 1.82) is 0 Å². The molecule has 0 bridgehead atoms. The van der Waals surface area contributed by atoms with Gasteiger partial charge in [0.1, 0.15) is 5.82 Å². The highest BCUT2D eigenvalue weighted by atomic mass is 32.2. The third-order valence-corrected chi connectivity index (χ3v) is 4.50. The van der Waals surface area contributed by atoms with E-state index >= 15 is 0 Å². The van der Waals surface area contributed by atoms with Crippen LogP contribution in [-0.4, -0.2) is 41.4 Å². The van der Waals surface area contributed by atoms with E-state index in [1.807, 2.05) is 18.7 Å². The maximum Gasteiger partial charge on any atom is 0.241 e. The van der Waals surface area contributed by atoms with Crippen LogP contribution < -0.4 is 11.1 Å². The van der Waals surface area contributed by atoms with E-state index in [2.05, 4.69) is 10.2 Å². The number of hydrogen-bond acceptors (Lipinski definition) is 4. The van der Waals surface area contributed by atoms with Gasteiger partial charge in [-0.15, -0.1) is 0 Å². The molecule has 1 unspecified atom stereocenters. The minimum atomic E-state index is -0.472. The van der Waals surface area contributed by atoms with E-state index in [1.54, 1.807) is 0 Å². The van der Waals surface area contributed by atoms with Crippen molar-refractivity contribution in [2.45, 2.75) is 19.4 Å². The Morgan fingerprint density at radius 1 is 1.45 bits per heavy atom. The standard InChI is InChI=1S/C14H20FN3OS/c1-10(18-5-2-7-20-8-6-18)14(19)17-11-3-4-12(15)13(16)9-11/h3-4,9-10H,2,5-8,16H2,1H3,(H,17,19). The molecular weight excluding hydrogens is 277 g/mol. The Kier molecular flexibility index (Phi) is 5.25. The Labute approximate surface area is 122 Å². The number of benzene rings is 1. The van der Waals surface area contributed by atoms with Crippen LogP contribution in [0.1, 0.15) is 13.3 Å². The van der Waals surface area contributed by atoms with Crippen molar-refractivity contribution in [2.75, 3.05) is 35.6 Å². The third-order valence-electron chi connectivity index (χ3n) is 3.45. The number of halogens is 1. The first kappa shape index (κ1) is 15.1. The number of anilines is 2. The number of rotatable bonds is 3. The summed E-state index contributed by atoms with van der Waals surface area (Å²) in [6.07, 6.45) is 1.10. The molecule has 20 heavy (non-hydrogen) atoms. The Morgan fingerprint density at radius 2 is 2.25 bits per heavy atom. The van der Waals surface area contributed by atoms with Crippen molar-refractivity contribution in [3.8, 4) is 0 Å². The van der Waals surface area contributed by atoms with Crippen LogP contribution >= 0.6 is 11.8 Å². The van der Waals surface area contributed by atoms with Gasteiger partial charge < -0.3 is 11.1 Å². The highest BCUT2D eigenvalue weighted by molar-refractivity contribution is 7.99. The number of nitrogen functional groups attached to an aromatic ring is 1. The van der Waals surface area contributed by atoms with Gasteiger partial charge in [0.05, 0.1) is 11.7 Å². The number of carbonyl (C=O) groups excluding carboxylic acids is 1. The van der Waals surface area contributed by atoms with Crippen LogP contribution in [0, 0.1) is 5.82 Å². The van der Waals surface area contributed by atoms with E-state index in [0.29, 0.717) is 5.69 Å². The molecule has 1 atom stereocenters. The van der Waals surface area contributed by atoms with E-state index in [4.69, 9.17) is 5.73 Å². The molecule has 0 radical (unpaired) electrons. The van der Waals surface area contributed by atoms with Crippen LogP contribution in [0.2, 0.25) is 0 Å². The first-order chi connectivity index (χ1) is 9.58. The summed E-state index contributed by atoms with van der Waals surface area (Å²) in [7, 11) is 0. The SMILES string of the molecule is CC(C(=O)Nc1ccc(F)c(N)c1)N1CCCSCC1. The zero-order valence-corrected chi connectivity index (χ0v) is 12.4. The van der Waals surface area contributed by atoms with Gasteiger partial charge >= 0.3 is 0 Å². The zero-order valence-electron chi connectivity index (χ0n) is 11.6. The summed E-state index contributed by atoms with van der Waals surface area (Å²) < 4.78 is 13.1. The number of thioether (sulfide) groups is 1. The van der Waals surface area contributed by atoms with Crippen LogP contribution in [-0.2, 0) is 4.79 Å². The van der Waals surface area contributed by atoms with Gasteiger partial charge in [0, 0.05) is 18.0 Å². The summed E-state index contributed by atoms with van der Waals surface area (Å²) in [5.74, 6) is 1.66. The van der Waals surface area contributed by atoms with Gasteiger partial charge in [-0.25, -0.2) is 4.39 Å². The maximum absolute atomic E-state index is 13.1.